The van der Waals surface area contributed by atoms with Gasteiger partial charge in [0.25, 0.3) is 0 Å². The van der Waals surface area contributed by atoms with Crippen LogP contribution in [0.3, 0.4) is 0 Å². The first-order chi connectivity index (χ1) is 9.99. The van der Waals surface area contributed by atoms with Crippen LogP contribution in [0.2, 0.25) is 0 Å². The van der Waals surface area contributed by atoms with Crippen molar-refractivity contribution in [1.29, 1.82) is 0 Å². The van der Waals surface area contributed by atoms with E-state index in [0.717, 1.165) is 19.0 Å². The number of nitrogens with one attached hydrogen (secondary N) is 1. The van der Waals surface area contributed by atoms with Crippen molar-refractivity contribution in [3.63, 3.8) is 0 Å². The molecule has 1 aliphatic heterocycles. The Kier molecular flexibility index (Phi) is 4.40. The highest BCUT2D eigenvalue weighted by Gasteiger charge is 2.46. The predicted octanol–water partition coefficient (Wildman–Crippen LogP) is 3.35. The van der Waals surface area contributed by atoms with Crippen molar-refractivity contribution in [2.24, 2.45) is 11.8 Å². The maximum Gasteiger partial charge on any atom is 0.0965 e. The normalized spacial score (nSPS) is 32.5. The van der Waals surface area contributed by atoms with Crippen LogP contribution in [0.15, 0.2) is 11.6 Å². The Balaban J connectivity index is 1.71. The van der Waals surface area contributed by atoms with Crippen molar-refractivity contribution >= 4 is 11.3 Å². The van der Waals surface area contributed by atoms with Crippen molar-refractivity contribution in [3.8, 4) is 0 Å². The second kappa shape index (κ2) is 5.98. The first-order valence-corrected chi connectivity index (χ1v) is 9.26. The average molecular weight is 308 g/mol. The van der Waals surface area contributed by atoms with Crippen molar-refractivity contribution in [2.75, 3.05) is 19.6 Å². The van der Waals surface area contributed by atoms with Gasteiger partial charge in [0.15, 0.2) is 0 Å². The van der Waals surface area contributed by atoms with E-state index in [4.69, 9.17) is 0 Å². The topological polar surface area (TPSA) is 28.2 Å². The summed E-state index contributed by atoms with van der Waals surface area (Å²) in [6, 6.07) is 0.652. The fraction of sp³-hybridized carbons (Fsp3) is 0.824. The van der Waals surface area contributed by atoms with E-state index in [9.17, 15) is 0 Å². The van der Waals surface area contributed by atoms with E-state index < -0.39 is 0 Å². The number of piperazine rings is 1. The number of thiazole rings is 1. The number of nitrogens with zero attached hydrogens (tertiary/aromatic N) is 2. The third-order valence-electron chi connectivity index (χ3n) is 5.34. The molecule has 1 aromatic heterocycles. The van der Waals surface area contributed by atoms with Crippen molar-refractivity contribution in [2.45, 2.75) is 58.0 Å². The van der Waals surface area contributed by atoms with Gasteiger partial charge in [-0.25, -0.2) is 4.98 Å². The molecule has 1 N–H and O–H groups in total. The molecule has 118 valence electrons. The zero-order chi connectivity index (χ0) is 15.0. The molecule has 0 bridgehead atoms. The molecule has 0 amide bonds. The first-order valence-electron chi connectivity index (χ1n) is 8.38. The van der Waals surface area contributed by atoms with Gasteiger partial charge < -0.3 is 5.32 Å². The number of hydrogen-bond donors (Lipinski definition) is 1. The van der Waals surface area contributed by atoms with Crippen LogP contribution in [0.25, 0.3) is 0 Å². The van der Waals surface area contributed by atoms with Crippen LogP contribution in [0.4, 0.5) is 0 Å². The highest BCUT2D eigenvalue weighted by atomic mass is 32.1. The number of hydrogen-bond acceptors (Lipinski definition) is 4. The molecular weight excluding hydrogens is 278 g/mol. The van der Waals surface area contributed by atoms with Crippen molar-refractivity contribution in [3.05, 3.63) is 16.6 Å². The lowest BCUT2D eigenvalue weighted by atomic mass is 9.87. The van der Waals surface area contributed by atoms with Crippen molar-refractivity contribution < 1.29 is 0 Å². The molecule has 1 aliphatic carbocycles. The molecule has 3 nitrogen and oxygen atoms in total. The van der Waals surface area contributed by atoms with Crippen LogP contribution in [-0.4, -0.2) is 41.1 Å². The highest BCUT2D eigenvalue weighted by Crippen LogP contribution is 2.42. The monoisotopic (exact) mass is 307 g/mol. The van der Waals surface area contributed by atoms with Crippen molar-refractivity contribution in [1.82, 2.24) is 15.2 Å². The van der Waals surface area contributed by atoms with Gasteiger partial charge in [0, 0.05) is 48.7 Å². The van der Waals surface area contributed by atoms with E-state index in [-0.39, 0.29) is 0 Å². The van der Waals surface area contributed by atoms with Crippen LogP contribution in [-0.2, 0) is 0 Å². The van der Waals surface area contributed by atoms with Gasteiger partial charge >= 0.3 is 0 Å². The Morgan fingerprint density at radius 1 is 1.43 bits per heavy atom. The summed E-state index contributed by atoms with van der Waals surface area (Å²) in [5.41, 5.74) is 0.327. The van der Waals surface area contributed by atoms with Gasteiger partial charge in [-0.15, -0.1) is 11.3 Å². The lowest BCUT2D eigenvalue weighted by molar-refractivity contribution is 0.0486. The maximum absolute atomic E-state index is 4.51. The largest absolute Gasteiger partial charge is 0.308 e. The summed E-state index contributed by atoms with van der Waals surface area (Å²) >= 11 is 1.79. The van der Waals surface area contributed by atoms with Gasteiger partial charge in [-0.05, 0) is 31.6 Å². The Morgan fingerprint density at radius 3 is 2.76 bits per heavy atom. The molecule has 3 unspecified atom stereocenters. The summed E-state index contributed by atoms with van der Waals surface area (Å²) < 4.78 is 0. The summed E-state index contributed by atoms with van der Waals surface area (Å²) in [7, 11) is 0. The molecule has 2 aliphatic rings. The number of rotatable bonds is 5. The first kappa shape index (κ1) is 15.4. The Labute approximate surface area is 133 Å². The minimum absolute atomic E-state index is 0.327. The minimum atomic E-state index is 0.327. The third kappa shape index (κ3) is 3.33. The molecule has 1 saturated heterocycles. The summed E-state index contributed by atoms with van der Waals surface area (Å²) in [6.07, 6.45) is 4.75. The van der Waals surface area contributed by atoms with Gasteiger partial charge in [-0.1, -0.05) is 20.8 Å². The van der Waals surface area contributed by atoms with Crippen LogP contribution in [0.1, 0.15) is 51.5 Å². The van der Waals surface area contributed by atoms with Gasteiger partial charge in [-0.2, -0.15) is 0 Å². The molecule has 0 spiro atoms. The average Bonchev–Trinajstić information content (AvgIpc) is 3.15. The molecule has 1 saturated carbocycles. The Morgan fingerprint density at radius 2 is 2.19 bits per heavy atom. The third-order valence-corrected chi connectivity index (χ3v) is 6.35. The van der Waals surface area contributed by atoms with Crippen LogP contribution < -0.4 is 5.32 Å². The second-order valence-electron chi connectivity index (χ2n) is 7.58. The molecule has 3 atom stereocenters. The number of aromatic nitrogens is 1. The van der Waals surface area contributed by atoms with Crippen LogP contribution in [0.5, 0.6) is 0 Å². The zero-order valence-electron chi connectivity index (χ0n) is 13.8. The van der Waals surface area contributed by atoms with E-state index in [0.29, 0.717) is 23.4 Å². The predicted molar refractivity (Wildman–Crippen MR) is 89.9 cm³/mol. The molecule has 1 aromatic rings. The molecule has 21 heavy (non-hydrogen) atoms. The second-order valence-corrected chi connectivity index (χ2v) is 8.51. The fourth-order valence-electron chi connectivity index (χ4n) is 3.82. The van der Waals surface area contributed by atoms with Gasteiger partial charge in [0.2, 0.25) is 0 Å². The van der Waals surface area contributed by atoms with Crippen LogP contribution in [0, 0.1) is 11.8 Å². The molecule has 3 rings (SSSR count). The fourth-order valence-corrected chi connectivity index (χ4v) is 4.51. The Bertz CT molecular complexity index is 455. The Hall–Kier alpha value is -0.450. The van der Waals surface area contributed by atoms with Gasteiger partial charge in [0.05, 0.1) is 5.01 Å². The molecule has 0 aromatic carbocycles. The smallest absolute Gasteiger partial charge is 0.0965 e. The van der Waals surface area contributed by atoms with E-state index >= 15 is 0 Å². The summed E-state index contributed by atoms with van der Waals surface area (Å²) in [5.74, 6) is 2.13. The summed E-state index contributed by atoms with van der Waals surface area (Å²) in [4.78, 5) is 7.25. The highest BCUT2D eigenvalue weighted by molar-refractivity contribution is 7.09. The van der Waals surface area contributed by atoms with E-state index in [1.807, 2.05) is 6.20 Å². The molecule has 0 radical (unpaired) electrons. The zero-order valence-corrected chi connectivity index (χ0v) is 14.6. The quantitative estimate of drug-likeness (QED) is 0.904. The lowest BCUT2D eigenvalue weighted by Gasteiger charge is -2.48. The SMILES string of the molecule is CC(CN1CC(C)(C2CC2)NCC1C(C)C)c1nccs1. The maximum atomic E-state index is 4.51. The summed E-state index contributed by atoms with van der Waals surface area (Å²) in [5, 5.41) is 7.25. The van der Waals surface area contributed by atoms with Crippen LogP contribution >= 0.6 is 11.3 Å². The van der Waals surface area contributed by atoms with Gasteiger partial charge in [-0.3, -0.25) is 4.90 Å². The minimum Gasteiger partial charge on any atom is -0.308 e. The standard InChI is InChI=1S/C17H29N3S/c1-12(2)15-9-19-17(4,14-5-6-14)11-20(15)10-13(3)16-18-7-8-21-16/h7-8,12-15,19H,5-6,9-11H2,1-4H3. The van der Waals surface area contributed by atoms with Gasteiger partial charge in [0.1, 0.15) is 0 Å². The molecule has 2 fully saturated rings. The molecule has 2 heterocycles. The molecule has 4 heteroatoms. The molecular formula is C17H29N3S. The van der Waals surface area contributed by atoms with E-state index in [2.05, 4.69) is 48.3 Å². The van der Waals surface area contributed by atoms with E-state index in [1.54, 1.807) is 11.3 Å². The summed E-state index contributed by atoms with van der Waals surface area (Å²) in [6.45, 7) is 12.9. The lowest BCUT2D eigenvalue weighted by Crippen LogP contribution is -2.65. The van der Waals surface area contributed by atoms with E-state index in [1.165, 1.54) is 24.4 Å².